The Hall–Kier alpha value is -2.17. The fourth-order valence-corrected chi connectivity index (χ4v) is 3.56. The van der Waals surface area contributed by atoms with E-state index in [-0.39, 0.29) is 11.8 Å². The highest BCUT2D eigenvalue weighted by Gasteiger charge is 2.32. The highest BCUT2D eigenvalue weighted by atomic mass is 16.2. The molecule has 1 aromatic heterocycles. The molecule has 5 nitrogen and oxygen atoms in total. The van der Waals surface area contributed by atoms with Gasteiger partial charge in [0.15, 0.2) is 0 Å². The number of carbonyl (C=O) groups excluding carboxylic acids is 1. The van der Waals surface area contributed by atoms with Crippen molar-refractivity contribution in [3.05, 3.63) is 48.5 Å². The summed E-state index contributed by atoms with van der Waals surface area (Å²) < 4.78 is 1.92. The predicted octanol–water partition coefficient (Wildman–Crippen LogP) is 3.27. The Kier molecular flexibility index (Phi) is 5.28. The smallest absolute Gasteiger partial charge is 0.230 e. The van der Waals surface area contributed by atoms with Crippen LogP contribution >= 0.6 is 0 Å². The zero-order valence-corrected chi connectivity index (χ0v) is 14.5. The molecule has 1 aromatic carbocycles. The third-order valence-electron chi connectivity index (χ3n) is 5.22. The van der Waals surface area contributed by atoms with E-state index in [0.29, 0.717) is 12.0 Å². The third-order valence-corrected chi connectivity index (χ3v) is 5.22. The minimum Gasteiger partial charge on any atom is -0.342 e. The van der Waals surface area contributed by atoms with Gasteiger partial charge in [0.25, 0.3) is 0 Å². The van der Waals surface area contributed by atoms with Crippen LogP contribution < -0.4 is 0 Å². The van der Waals surface area contributed by atoms with Gasteiger partial charge in [0, 0.05) is 13.1 Å². The van der Waals surface area contributed by atoms with Crippen molar-refractivity contribution in [1.29, 1.82) is 0 Å². The second-order valence-electron chi connectivity index (χ2n) is 6.71. The van der Waals surface area contributed by atoms with E-state index >= 15 is 0 Å². The van der Waals surface area contributed by atoms with Crippen molar-refractivity contribution in [3.8, 4) is 0 Å². The number of aromatic nitrogens is 3. The molecule has 0 spiro atoms. The Morgan fingerprint density at radius 3 is 2.54 bits per heavy atom. The maximum absolute atomic E-state index is 13.2. The largest absolute Gasteiger partial charge is 0.342 e. The zero-order chi connectivity index (χ0) is 16.9. The first kappa shape index (κ1) is 16.7. The van der Waals surface area contributed by atoms with Gasteiger partial charge < -0.3 is 4.90 Å². The molecule has 0 aliphatic carbocycles. The Morgan fingerprint density at radius 1 is 1.25 bits per heavy atom. The molecular weight excluding hydrogens is 300 g/mol. The number of amides is 1. The molecule has 0 unspecified atom stereocenters. The van der Waals surface area contributed by atoms with E-state index in [0.717, 1.165) is 37.9 Å². The summed E-state index contributed by atoms with van der Waals surface area (Å²) >= 11 is 0. The molecule has 0 N–H and O–H groups in total. The van der Waals surface area contributed by atoms with E-state index in [1.165, 1.54) is 0 Å². The molecule has 1 aliphatic heterocycles. The lowest BCUT2D eigenvalue weighted by Gasteiger charge is -2.35. The molecule has 3 rings (SSSR count). The van der Waals surface area contributed by atoms with E-state index in [2.05, 4.69) is 36.1 Å². The monoisotopic (exact) mass is 326 g/mol. The molecule has 128 valence electrons. The number of hydrogen-bond donors (Lipinski definition) is 0. The summed E-state index contributed by atoms with van der Waals surface area (Å²) in [5.41, 5.74) is 1.13. The number of piperidine rings is 1. The first-order chi connectivity index (χ1) is 11.7. The predicted molar refractivity (Wildman–Crippen MR) is 93.5 cm³/mol. The Bertz CT molecular complexity index is 633. The standard InChI is InChI=1S/C19H26N4O/c1-3-15(2)18(16-7-5-4-6-8-16)19(24)22-11-9-17(10-12-22)23-14-20-13-21-23/h4-8,13-15,17-18H,3,9-12H2,1-2H3/t15-,18+/m0/s1. The highest BCUT2D eigenvalue weighted by molar-refractivity contribution is 5.84. The summed E-state index contributed by atoms with van der Waals surface area (Å²) in [7, 11) is 0. The van der Waals surface area contributed by atoms with Crippen LogP contribution in [0.4, 0.5) is 0 Å². The number of hydrogen-bond acceptors (Lipinski definition) is 3. The van der Waals surface area contributed by atoms with E-state index in [9.17, 15) is 4.79 Å². The fourth-order valence-electron chi connectivity index (χ4n) is 3.56. The second kappa shape index (κ2) is 7.60. The van der Waals surface area contributed by atoms with Gasteiger partial charge in [-0.25, -0.2) is 9.67 Å². The van der Waals surface area contributed by atoms with Crippen molar-refractivity contribution in [2.75, 3.05) is 13.1 Å². The van der Waals surface area contributed by atoms with Crippen LogP contribution in [-0.4, -0.2) is 38.7 Å². The van der Waals surface area contributed by atoms with Crippen LogP contribution in [0, 0.1) is 5.92 Å². The first-order valence-corrected chi connectivity index (χ1v) is 8.88. The Morgan fingerprint density at radius 2 is 1.96 bits per heavy atom. The summed E-state index contributed by atoms with van der Waals surface area (Å²) in [4.78, 5) is 19.2. The number of rotatable bonds is 5. The third kappa shape index (κ3) is 3.50. The summed E-state index contributed by atoms with van der Waals surface area (Å²) in [6, 6.07) is 10.6. The van der Waals surface area contributed by atoms with Crippen molar-refractivity contribution in [2.45, 2.75) is 45.1 Å². The van der Waals surface area contributed by atoms with Crippen molar-refractivity contribution >= 4 is 5.91 Å². The van der Waals surface area contributed by atoms with Gasteiger partial charge in [0.1, 0.15) is 12.7 Å². The SMILES string of the molecule is CC[C@H](C)[C@@H](C(=O)N1CCC(n2cncn2)CC1)c1ccccc1. The van der Waals surface area contributed by atoms with Crippen LogP contribution in [0.1, 0.15) is 50.6 Å². The molecule has 1 aliphatic rings. The maximum atomic E-state index is 13.2. The van der Waals surface area contributed by atoms with Crippen LogP contribution in [0.25, 0.3) is 0 Å². The number of benzene rings is 1. The maximum Gasteiger partial charge on any atom is 0.230 e. The number of likely N-dealkylation sites (tertiary alicyclic amines) is 1. The van der Waals surface area contributed by atoms with Gasteiger partial charge in [-0.2, -0.15) is 5.10 Å². The van der Waals surface area contributed by atoms with Crippen LogP contribution in [0.3, 0.4) is 0 Å². The fraction of sp³-hybridized carbons (Fsp3) is 0.526. The van der Waals surface area contributed by atoms with E-state index in [1.807, 2.05) is 27.8 Å². The van der Waals surface area contributed by atoms with Gasteiger partial charge in [0.2, 0.25) is 5.91 Å². The molecule has 1 saturated heterocycles. The van der Waals surface area contributed by atoms with Gasteiger partial charge in [-0.05, 0) is 24.3 Å². The minimum absolute atomic E-state index is 0.0425. The van der Waals surface area contributed by atoms with Crippen LogP contribution in [0.2, 0.25) is 0 Å². The molecule has 0 saturated carbocycles. The molecule has 2 atom stereocenters. The van der Waals surface area contributed by atoms with Crippen LogP contribution in [0.15, 0.2) is 43.0 Å². The van der Waals surface area contributed by atoms with E-state index in [4.69, 9.17) is 0 Å². The molecule has 0 radical (unpaired) electrons. The van der Waals surface area contributed by atoms with E-state index < -0.39 is 0 Å². The Balaban J connectivity index is 1.70. The van der Waals surface area contributed by atoms with Gasteiger partial charge in [0.05, 0.1) is 12.0 Å². The summed E-state index contributed by atoms with van der Waals surface area (Å²) in [5.74, 6) is 0.569. The lowest BCUT2D eigenvalue weighted by Crippen LogP contribution is -2.43. The van der Waals surface area contributed by atoms with Crippen LogP contribution in [0.5, 0.6) is 0 Å². The highest BCUT2D eigenvalue weighted by Crippen LogP contribution is 2.31. The minimum atomic E-state index is -0.0425. The molecule has 0 bridgehead atoms. The summed E-state index contributed by atoms with van der Waals surface area (Å²) in [6.07, 6.45) is 6.23. The molecule has 1 fully saturated rings. The normalized spacial score (nSPS) is 18.3. The van der Waals surface area contributed by atoms with Gasteiger partial charge in [-0.15, -0.1) is 0 Å². The molecule has 2 aromatic rings. The van der Waals surface area contributed by atoms with Crippen molar-refractivity contribution in [1.82, 2.24) is 19.7 Å². The molecule has 2 heterocycles. The molecule has 5 heteroatoms. The zero-order valence-electron chi connectivity index (χ0n) is 14.5. The molecular formula is C19H26N4O. The second-order valence-corrected chi connectivity index (χ2v) is 6.71. The topological polar surface area (TPSA) is 51.0 Å². The summed E-state index contributed by atoms with van der Waals surface area (Å²) in [5, 5.41) is 4.24. The Labute approximate surface area is 143 Å². The van der Waals surface area contributed by atoms with Gasteiger partial charge in [-0.3, -0.25) is 4.79 Å². The number of nitrogens with zero attached hydrogens (tertiary/aromatic N) is 4. The van der Waals surface area contributed by atoms with Crippen molar-refractivity contribution < 1.29 is 4.79 Å². The van der Waals surface area contributed by atoms with Crippen molar-refractivity contribution in [3.63, 3.8) is 0 Å². The lowest BCUT2D eigenvalue weighted by atomic mass is 9.84. The quantitative estimate of drug-likeness (QED) is 0.847. The molecule has 24 heavy (non-hydrogen) atoms. The number of carbonyl (C=O) groups is 1. The van der Waals surface area contributed by atoms with Crippen molar-refractivity contribution in [2.24, 2.45) is 5.92 Å². The van der Waals surface area contributed by atoms with Gasteiger partial charge >= 0.3 is 0 Å². The lowest BCUT2D eigenvalue weighted by molar-refractivity contribution is -0.135. The van der Waals surface area contributed by atoms with Crippen LogP contribution in [-0.2, 0) is 4.79 Å². The molecule has 1 amide bonds. The van der Waals surface area contributed by atoms with E-state index in [1.54, 1.807) is 12.7 Å². The first-order valence-electron chi connectivity index (χ1n) is 8.88. The average molecular weight is 326 g/mol. The average Bonchev–Trinajstić information content (AvgIpc) is 3.17. The summed E-state index contributed by atoms with van der Waals surface area (Å²) in [6.45, 7) is 5.93. The van der Waals surface area contributed by atoms with Gasteiger partial charge in [-0.1, -0.05) is 50.6 Å².